The number of hydrogen-bond donors (Lipinski definition) is 0. The van der Waals surface area contributed by atoms with Crippen molar-refractivity contribution in [2.24, 2.45) is 0 Å². The van der Waals surface area contributed by atoms with Crippen molar-refractivity contribution in [1.29, 1.82) is 0 Å². The van der Waals surface area contributed by atoms with Gasteiger partial charge in [-0.2, -0.15) is 17.5 Å². The van der Waals surface area contributed by atoms with E-state index in [1.807, 2.05) is 0 Å². The molecule has 0 saturated carbocycles. The predicted octanol–water partition coefficient (Wildman–Crippen LogP) is 2.99. The number of nitrogens with zero attached hydrogens (tertiary/aromatic N) is 3. The number of hydrogen-bond acceptors (Lipinski definition) is 5. The Labute approximate surface area is 170 Å². The van der Waals surface area contributed by atoms with Gasteiger partial charge in [-0.05, 0) is 38.5 Å². The van der Waals surface area contributed by atoms with Crippen LogP contribution in [0.5, 0.6) is 0 Å². The Kier molecular flexibility index (Phi) is 5.92. The van der Waals surface area contributed by atoms with Crippen molar-refractivity contribution in [2.75, 3.05) is 26.2 Å². The number of aryl methyl sites for hydroxylation is 2. The zero-order valence-electron chi connectivity index (χ0n) is 16.2. The first kappa shape index (κ1) is 22.2. The van der Waals surface area contributed by atoms with Gasteiger partial charge in [0.2, 0.25) is 10.0 Å². The molecular weight excluding hydrogens is 430 g/mol. The number of rotatable bonds is 3. The van der Waals surface area contributed by atoms with Crippen LogP contribution in [0.25, 0.3) is 0 Å². The number of amides is 1. The molecule has 0 atom stereocenters. The van der Waals surface area contributed by atoms with Gasteiger partial charge in [-0.1, -0.05) is 5.16 Å². The molecule has 0 radical (unpaired) electrons. The normalized spacial score (nSPS) is 16.5. The molecule has 1 fully saturated rings. The lowest BCUT2D eigenvalue weighted by molar-refractivity contribution is -0.140. The minimum atomic E-state index is -4.93. The molecule has 2 heterocycles. The fourth-order valence-electron chi connectivity index (χ4n) is 3.37. The molecule has 2 aromatic rings. The minimum absolute atomic E-state index is 0.0276. The Morgan fingerprint density at radius 1 is 1.13 bits per heavy atom. The summed E-state index contributed by atoms with van der Waals surface area (Å²) < 4.78 is 84.3. The molecule has 12 heteroatoms. The van der Waals surface area contributed by atoms with Crippen LogP contribution >= 0.6 is 0 Å². The summed E-state index contributed by atoms with van der Waals surface area (Å²) in [6.07, 6.45) is -4.65. The van der Waals surface area contributed by atoms with Crippen LogP contribution in [0.2, 0.25) is 0 Å². The quantitative estimate of drug-likeness (QED) is 0.673. The molecule has 0 bridgehead atoms. The average Bonchev–Trinajstić information content (AvgIpc) is 2.85. The molecule has 1 aromatic carbocycles. The van der Waals surface area contributed by atoms with Crippen molar-refractivity contribution >= 4 is 15.9 Å². The van der Waals surface area contributed by atoms with Gasteiger partial charge in [0.1, 0.15) is 16.4 Å². The molecule has 3 rings (SSSR count). The van der Waals surface area contributed by atoms with Crippen molar-refractivity contribution in [3.63, 3.8) is 0 Å². The van der Waals surface area contributed by atoms with Gasteiger partial charge >= 0.3 is 6.18 Å². The first-order valence-corrected chi connectivity index (χ1v) is 10.5. The lowest BCUT2D eigenvalue weighted by Gasteiger charge is -2.22. The summed E-state index contributed by atoms with van der Waals surface area (Å²) in [4.78, 5) is 13.9. The van der Waals surface area contributed by atoms with E-state index >= 15 is 0 Å². The van der Waals surface area contributed by atoms with E-state index in [1.54, 1.807) is 0 Å². The number of benzene rings is 1. The molecule has 1 saturated heterocycles. The zero-order valence-corrected chi connectivity index (χ0v) is 17.0. The highest BCUT2D eigenvalue weighted by molar-refractivity contribution is 7.89. The van der Waals surface area contributed by atoms with E-state index in [2.05, 4.69) is 5.16 Å². The summed E-state index contributed by atoms with van der Waals surface area (Å²) in [5.41, 5.74) is -1.62. The molecule has 1 aromatic heterocycles. The molecule has 0 unspecified atom stereocenters. The van der Waals surface area contributed by atoms with E-state index in [-0.39, 0.29) is 54.5 Å². The molecule has 0 aliphatic carbocycles. The van der Waals surface area contributed by atoms with Gasteiger partial charge in [0.25, 0.3) is 5.91 Å². The monoisotopic (exact) mass is 449 g/mol. The van der Waals surface area contributed by atoms with Crippen LogP contribution in [-0.2, 0) is 16.2 Å². The fraction of sp³-hybridized carbons (Fsp3) is 0.444. The van der Waals surface area contributed by atoms with E-state index in [1.165, 1.54) is 23.1 Å². The number of halogens is 4. The summed E-state index contributed by atoms with van der Waals surface area (Å²) >= 11 is 0. The number of sulfonamides is 1. The van der Waals surface area contributed by atoms with E-state index in [9.17, 15) is 30.8 Å². The van der Waals surface area contributed by atoms with Crippen LogP contribution in [0.15, 0.2) is 27.6 Å². The molecule has 1 aliphatic heterocycles. The third-order valence-corrected chi connectivity index (χ3v) is 6.97. The van der Waals surface area contributed by atoms with E-state index in [0.717, 1.165) is 6.07 Å². The second-order valence-corrected chi connectivity index (χ2v) is 8.77. The molecular formula is C18H19F4N3O4S. The maximum Gasteiger partial charge on any atom is 0.419 e. The Morgan fingerprint density at radius 3 is 2.43 bits per heavy atom. The Balaban J connectivity index is 1.80. The van der Waals surface area contributed by atoms with Crippen LogP contribution in [0.3, 0.4) is 0 Å². The van der Waals surface area contributed by atoms with Crippen LogP contribution < -0.4 is 0 Å². The maximum absolute atomic E-state index is 13.5. The predicted molar refractivity (Wildman–Crippen MR) is 96.7 cm³/mol. The van der Waals surface area contributed by atoms with Gasteiger partial charge in [-0.3, -0.25) is 4.79 Å². The third-order valence-electron chi connectivity index (χ3n) is 4.83. The van der Waals surface area contributed by atoms with Gasteiger partial charge in [0.15, 0.2) is 5.76 Å². The van der Waals surface area contributed by atoms with Gasteiger partial charge in [0, 0.05) is 31.7 Å². The van der Waals surface area contributed by atoms with Gasteiger partial charge < -0.3 is 9.42 Å². The summed E-state index contributed by atoms with van der Waals surface area (Å²) in [5, 5.41) is 3.65. The largest absolute Gasteiger partial charge is 0.419 e. The van der Waals surface area contributed by atoms with Crippen molar-refractivity contribution in [3.05, 3.63) is 46.6 Å². The summed E-state index contributed by atoms with van der Waals surface area (Å²) in [6.45, 7) is 3.17. The molecule has 1 amide bonds. The smallest absolute Gasteiger partial charge is 0.360 e. The number of alkyl halides is 3. The highest BCUT2D eigenvalue weighted by Gasteiger charge is 2.36. The van der Waals surface area contributed by atoms with Gasteiger partial charge in [-0.25, -0.2) is 12.8 Å². The topological polar surface area (TPSA) is 83.7 Å². The number of aromatic nitrogens is 1. The lowest BCUT2D eigenvalue weighted by Crippen LogP contribution is -2.37. The molecule has 7 nitrogen and oxygen atoms in total. The number of carbonyl (C=O) groups is 1. The standard InChI is InChI=1S/C18H19F4N3O4S/c1-11-16(12(2)29-23-11)30(27,28)25-7-3-6-24(8-9-25)17(26)13-4-5-15(19)14(10-13)18(20,21)22/h4-5,10H,3,6-9H2,1-2H3. The van der Waals surface area contributed by atoms with Crippen molar-refractivity contribution in [3.8, 4) is 0 Å². The molecule has 1 aliphatic rings. The highest BCUT2D eigenvalue weighted by Crippen LogP contribution is 2.32. The molecule has 164 valence electrons. The fourth-order valence-corrected chi connectivity index (χ4v) is 5.13. The lowest BCUT2D eigenvalue weighted by atomic mass is 10.1. The SMILES string of the molecule is Cc1noc(C)c1S(=O)(=O)N1CCCN(C(=O)c2ccc(F)c(C(F)(F)F)c2)CC1. The van der Waals surface area contributed by atoms with E-state index in [0.29, 0.717) is 12.1 Å². The van der Waals surface area contributed by atoms with Crippen molar-refractivity contribution in [2.45, 2.75) is 31.3 Å². The molecule has 30 heavy (non-hydrogen) atoms. The van der Waals surface area contributed by atoms with E-state index < -0.39 is 33.5 Å². The first-order valence-electron chi connectivity index (χ1n) is 9.02. The van der Waals surface area contributed by atoms with Crippen molar-refractivity contribution in [1.82, 2.24) is 14.4 Å². The summed E-state index contributed by atoms with van der Waals surface area (Å²) in [7, 11) is -3.91. The van der Waals surface area contributed by atoms with E-state index in [4.69, 9.17) is 4.52 Å². The van der Waals surface area contributed by atoms with Crippen LogP contribution in [0.1, 0.15) is 33.8 Å². The third kappa shape index (κ3) is 4.19. The van der Waals surface area contributed by atoms with Crippen LogP contribution in [-0.4, -0.2) is 54.9 Å². The van der Waals surface area contributed by atoms with Crippen molar-refractivity contribution < 1.29 is 35.3 Å². The second-order valence-electron chi connectivity index (χ2n) is 6.90. The molecule has 0 spiro atoms. The summed E-state index contributed by atoms with van der Waals surface area (Å²) in [5.74, 6) is -2.04. The van der Waals surface area contributed by atoms with Crippen LogP contribution in [0, 0.1) is 19.7 Å². The van der Waals surface area contributed by atoms with Gasteiger partial charge in [-0.15, -0.1) is 0 Å². The maximum atomic E-state index is 13.5. The summed E-state index contributed by atoms with van der Waals surface area (Å²) in [6, 6.07) is 2.05. The minimum Gasteiger partial charge on any atom is -0.360 e. The average molecular weight is 449 g/mol. The molecule has 0 N–H and O–H groups in total. The zero-order chi connectivity index (χ0) is 22.3. The van der Waals surface area contributed by atoms with Gasteiger partial charge in [0.05, 0.1) is 5.56 Å². The Bertz CT molecular complexity index is 1050. The Morgan fingerprint density at radius 2 is 1.83 bits per heavy atom. The number of carbonyl (C=O) groups excluding carboxylic acids is 1. The highest BCUT2D eigenvalue weighted by atomic mass is 32.2. The Hall–Kier alpha value is -2.47. The first-order chi connectivity index (χ1) is 13.9. The van der Waals surface area contributed by atoms with Crippen LogP contribution in [0.4, 0.5) is 17.6 Å². The second kappa shape index (κ2) is 7.99.